The highest BCUT2D eigenvalue weighted by atomic mass is 16.3. The molecule has 0 radical (unpaired) electrons. The van der Waals surface area contributed by atoms with Crippen LogP contribution in [-0.2, 0) is 12.8 Å². The fourth-order valence-electron chi connectivity index (χ4n) is 5.32. The number of pyridine rings is 1. The van der Waals surface area contributed by atoms with Crippen molar-refractivity contribution in [2.45, 2.75) is 44.9 Å². The summed E-state index contributed by atoms with van der Waals surface area (Å²) in [5.74, 6) is -0.354. The van der Waals surface area contributed by atoms with Gasteiger partial charge in [0.05, 0.1) is 0 Å². The van der Waals surface area contributed by atoms with Gasteiger partial charge in [-0.3, -0.25) is 9.59 Å². The molecule has 0 spiro atoms. The van der Waals surface area contributed by atoms with Gasteiger partial charge in [0.1, 0.15) is 11.3 Å². The predicted molar refractivity (Wildman–Crippen MR) is 134 cm³/mol. The molecular formula is C28H31N3O3. The number of amides is 1. The van der Waals surface area contributed by atoms with E-state index >= 15 is 0 Å². The van der Waals surface area contributed by atoms with Gasteiger partial charge in [0.25, 0.3) is 11.5 Å². The van der Waals surface area contributed by atoms with Crippen molar-refractivity contribution >= 4 is 17.3 Å². The number of fused-ring (bicyclic) bond motifs is 1. The van der Waals surface area contributed by atoms with Gasteiger partial charge in [-0.1, -0.05) is 61.9 Å². The zero-order valence-electron chi connectivity index (χ0n) is 19.6. The number of anilines is 2. The van der Waals surface area contributed by atoms with E-state index in [1.54, 1.807) is 4.90 Å². The minimum absolute atomic E-state index is 0.145. The first-order chi connectivity index (χ1) is 16.6. The van der Waals surface area contributed by atoms with Crippen LogP contribution in [0.5, 0.6) is 5.75 Å². The van der Waals surface area contributed by atoms with Crippen molar-refractivity contribution in [3.8, 4) is 5.75 Å². The number of hydrogen-bond donors (Lipinski definition) is 2. The lowest BCUT2D eigenvalue weighted by Gasteiger charge is -2.25. The maximum atomic E-state index is 13.5. The summed E-state index contributed by atoms with van der Waals surface area (Å²) in [4.78, 5) is 33.4. The van der Waals surface area contributed by atoms with Crippen molar-refractivity contribution in [1.29, 1.82) is 0 Å². The number of likely N-dealkylation sites (tertiary alicyclic amines) is 1. The number of carbonyl (C=O) groups is 1. The maximum absolute atomic E-state index is 13.5. The fourth-order valence-corrected chi connectivity index (χ4v) is 5.32. The summed E-state index contributed by atoms with van der Waals surface area (Å²) in [5.41, 5.74) is 4.03. The van der Waals surface area contributed by atoms with Gasteiger partial charge in [-0.2, -0.15) is 0 Å². The zero-order chi connectivity index (χ0) is 23.7. The standard InChI is InChI=1S/C28H31N3O3/c1-2-3-12-22-25(31-17-15-20-11-7-8-13-23(20)31)26(32)24(27(33)29-22)28(34)30-16-14-21(18-30)19-9-5-4-6-10-19/h4-11,13,21H,2-3,12,14-18H2,1H3,(H2,29,32,33)/t21-/m0/s1. The lowest BCUT2D eigenvalue weighted by Crippen LogP contribution is -2.34. The van der Waals surface area contributed by atoms with E-state index in [1.807, 2.05) is 36.4 Å². The summed E-state index contributed by atoms with van der Waals surface area (Å²) < 4.78 is 0. The van der Waals surface area contributed by atoms with E-state index in [-0.39, 0.29) is 17.2 Å². The Morgan fingerprint density at radius 2 is 1.85 bits per heavy atom. The number of H-pyrrole nitrogens is 1. The number of unbranched alkanes of at least 4 members (excludes halogenated alkanes) is 1. The van der Waals surface area contributed by atoms with Crippen LogP contribution >= 0.6 is 0 Å². The predicted octanol–water partition coefficient (Wildman–Crippen LogP) is 4.75. The van der Waals surface area contributed by atoms with Crippen LogP contribution in [0.25, 0.3) is 0 Å². The number of nitrogens with zero attached hydrogens (tertiary/aromatic N) is 2. The molecule has 2 aliphatic rings. The van der Waals surface area contributed by atoms with E-state index < -0.39 is 11.5 Å². The average molecular weight is 458 g/mol. The van der Waals surface area contributed by atoms with Gasteiger partial charge < -0.3 is 19.9 Å². The topological polar surface area (TPSA) is 76.6 Å². The molecular weight excluding hydrogens is 426 g/mol. The summed E-state index contributed by atoms with van der Waals surface area (Å²) in [7, 11) is 0. The summed E-state index contributed by atoms with van der Waals surface area (Å²) in [5, 5.41) is 11.4. The van der Waals surface area contributed by atoms with Gasteiger partial charge in [0, 0.05) is 36.9 Å². The molecule has 1 atom stereocenters. The first-order valence-corrected chi connectivity index (χ1v) is 12.3. The largest absolute Gasteiger partial charge is 0.505 e. The van der Waals surface area contributed by atoms with E-state index in [4.69, 9.17) is 0 Å². The van der Waals surface area contributed by atoms with Gasteiger partial charge in [0.15, 0.2) is 5.75 Å². The Bertz CT molecular complexity index is 1250. The maximum Gasteiger partial charge on any atom is 0.264 e. The first-order valence-electron chi connectivity index (χ1n) is 12.3. The minimum Gasteiger partial charge on any atom is -0.505 e. The Hall–Kier alpha value is -3.54. The lowest BCUT2D eigenvalue weighted by atomic mass is 9.99. The van der Waals surface area contributed by atoms with Crippen molar-refractivity contribution in [2.24, 2.45) is 0 Å². The van der Waals surface area contributed by atoms with E-state index in [0.29, 0.717) is 37.4 Å². The van der Waals surface area contributed by atoms with Crippen molar-refractivity contribution in [3.63, 3.8) is 0 Å². The molecule has 176 valence electrons. The number of aromatic nitrogens is 1. The number of rotatable bonds is 6. The lowest BCUT2D eigenvalue weighted by molar-refractivity contribution is 0.0786. The second-order valence-electron chi connectivity index (χ2n) is 9.29. The van der Waals surface area contributed by atoms with Crippen LogP contribution < -0.4 is 10.5 Å². The summed E-state index contributed by atoms with van der Waals surface area (Å²) >= 11 is 0. The molecule has 2 aliphatic heterocycles. The Morgan fingerprint density at radius 3 is 2.65 bits per heavy atom. The number of aromatic amines is 1. The molecule has 1 saturated heterocycles. The van der Waals surface area contributed by atoms with Crippen LogP contribution in [0.2, 0.25) is 0 Å². The normalized spacial score (nSPS) is 17.3. The van der Waals surface area contributed by atoms with Gasteiger partial charge in [-0.15, -0.1) is 0 Å². The molecule has 0 aliphatic carbocycles. The van der Waals surface area contributed by atoms with Crippen molar-refractivity contribution < 1.29 is 9.90 Å². The molecule has 1 aromatic heterocycles. The molecule has 0 saturated carbocycles. The molecule has 0 bridgehead atoms. The number of aromatic hydroxyl groups is 1. The number of benzene rings is 2. The number of carbonyl (C=O) groups excluding carboxylic acids is 1. The highest BCUT2D eigenvalue weighted by Crippen LogP contribution is 2.42. The third-order valence-corrected chi connectivity index (χ3v) is 7.14. The van der Waals surface area contributed by atoms with E-state index in [9.17, 15) is 14.7 Å². The Morgan fingerprint density at radius 1 is 1.09 bits per heavy atom. The Kier molecular flexibility index (Phi) is 6.14. The second kappa shape index (κ2) is 9.37. The van der Waals surface area contributed by atoms with E-state index in [1.165, 1.54) is 11.1 Å². The molecule has 34 heavy (non-hydrogen) atoms. The minimum atomic E-state index is -0.506. The van der Waals surface area contributed by atoms with Crippen molar-refractivity contribution in [2.75, 3.05) is 24.5 Å². The molecule has 2 aromatic carbocycles. The first kappa shape index (κ1) is 22.3. The van der Waals surface area contributed by atoms with Crippen LogP contribution in [0, 0.1) is 0 Å². The SMILES string of the molecule is CCCCc1[nH]c(=O)c(C(=O)N2CC[C@H](c3ccccc3)C2)c(O)c1N1CCc2ccccc21. The zero-order valence-corrected chi connectivity index (χ0v) is 19.6. The summed E-state index contributed by atoms with van der Waals surface area (Å²) in [6, 6.07) is 18.3. The van der Waals surface area contributed by atoms with Crippen LogP contribution in [0.4, 0.5) is 11.4 Å². The smallest absolute Gasteiger partial charge is 0.264 e. The monoisotopic (exact) mass is 457 g/mol. The molecule has 3 aromatic rings. The van der Waals surface area contributed by atoms with Gasteiger partial charge in [-0.05, 0) is 42.9 Å². The number of hydrogen-bond acceptors (Lipinski definition) is 4. The van der Waals surface area contributed by atoms with Crippen LogP contribution in [0.15, 0.2) is 59.4 Å². The van der Waals surface area contributed by atoms with Crippen molar-refractivity contribution in [1.82, 2.24) is 9.88 Å². The van der Waals surface area contributed by atoms with Crippen LogP contribution in [-0.4, -0.2) is 40.5 Å². The van der Waals surface area contributed by atoms with E-state index in [0.717, 1.165) is 31.4 Å². The third-order valence-electron chi connectivity index (χ3n) is 7.14. The number of para-hydroxylation sites is 1. The Labute approximate surface area is 199 Å². The molecule has 6 nitrogen and oxygen atoms in total. The molecule has 1 fully saturated rings. The van der Waals surface area contributed by atoms with Crippen LogP contribution in [0.1, 0.15) is 59.3 Å². The number of nitrogens with one attached hydrogen (secondary N) is 1. The average Bonchev–Trinajstić information content (AvgIpc) is 3.51. The molecule has 1 amide bonds. The van der Waals surface area contributed by atoms with Gasteiger partial charge in [-0.25, -0.2) is 0 Å². The number of aryl methyl sites for hydroxylation is 1. The molecule has 3 heterocycles. The quantitative estimate of drug-likeness (QED) is 0.560. The van der Waals surface area contributed by atoms with Gasteiger partial charge in [0.2, 0.25) is 0 Å². The van der Waals surface area contributed by atoms with Crippen molar-refractivity contribution in [3.05, 3.63) is 87.3 Å². The molecule has 2 N–H and O–H groups in total. The molecule has 5 rings (SSSR count). The molecule has 6 heteroatoms. The molecule has 0 unspecified atom stereocenters. The summed E-state index contributed by atoms with van der Waals surface area (Å²) in [6.45, 7) is 3.90. The van der Waals surface area contributed by atoms with E-state index in [2.05, 4.69) is 35.0 Å². The fraction of sp³-hybridized carbons (Fsp3) is 0.357. The third kappa shape index (κ3) is 3.98. The summed E-state index contributed by atoms with van der Waals surface area (Å²) in [6.07, 6.45) is 4.19. The Balaban J connectivity index is 1.52. The van der Waals surface area contributed by atoms with Gasteiger partial charge >= 0.3 is 0 Å². The highest BCUT2D eigenvalue weighted by Gasteiger charge is 2.34. The highest BCUT2D eigenvalue weighted by molar-refractivity contribution is 5.99. The van der Waals surface area contributed by atoms with Crippen LogP contribution in [0.3, 0.4) is 0 Å². The second-order valence-corrected chi connectivity index (χ2v) is 9.29.